The molecule has 0 unspecified atom stereocenters. The van der Waals surface area contributed by atoms with Crippen LogP contribution < -0.4 is 5.32 Å². The molecular formula is C21H26N2O6S. The summed E-state index contributed by atoms with van der Waals surface area (Å²) in [6.45, 7) is 1.98. The van der Waals surface area contributed by atoms with Crippen molar-refractivity contribution in [3.63, 3.8) is 0 Å². The van der Waals surface area contributed by atoms with Crippen LogP contribution in [0.4, 0.5) is 0 Å². The third kappa shape index (κ3) is 5.79. The number of nitrogens with zero attached hydrogens (tertiary/aromatic N) is 1. The summed E-state index contributed by atoms with van der Waals surface area (Å²) in [6.07, 6.45) is 7.56. The van der Waals surface area contributed by atoms with E-state index in [1.807, 2.05) is 0 Å². The first kappa shape index (κ1) is 22.2. The average Bonchev–Trinajstić information content (AvgIpc) is 3.02. The maximum Gasteiger partial charge on any atom is 0.251 e. The molecule has 0 atom stereocenters. The highest BCUT2D eigenvalue weighted by molar-refractivity contribution is 7.89. The lowest BCUT2D eigenvalue weighted by atomic mass is 10.2. The summed E-state index contributed by atoms with van der Waals surface area (Å²) >= 11 is 0. The molecule has 1 aliphatic heterocycles. The van der Waals surface area contributed by atoms with Crippen LogP contribution in [0.3, 0.4) is 0 Å². The second kappa shape index (κ2) is 10.5. The summed E-state index contributed by atoms with van der Waals surface area (Å²) < 4.78 is 42.2. The van der Waals surface area contributed by atoms with Gasteiger partial charge in [0, 0.05) is 38.7 Å². The summed E-state index contributed by atoms with van der Waals surface area (Å²) in [5.41, 5.74) is 1.35. The third-order valence-electron chi connectivity index (χ3n) is 4.69. The SMILES string of the molecule is COCOC1=CC=CC(C(=O)NCc2ccc(S(=O)(=O)N3CCOCC3)cc2)=CC1. The number of rotatable bonds is 8. The van der Waals surface area contributed by atoms with Crippen molar-refractivity contribution in [1.29, 1.82) is 0 Å². The fraction of sp³-hybridized carbons (Fsp3) is 0.381. The molecule has 3 rings (SSSR count). The minimum atomic E-state index is -3.52. The molecule has 1 aromatic carbocycles. The second-order valence-corrected chi connectivity index (χ2v) is 8.69. The van der Waals surface area contributed by atoms with Crippen LogP contribution in [-0.2, 0) is 35.6 Å². The first-order valence-corrected chi connectivity index (χ1v) is 11.1. The number of morpholine rings is 1. The van der Waals surface area contributed by atoms with Crippen LogP contribution in [-0.4, -0.2) is 58.8 Å². The number of hydrogen-bond donors (Lipinski definition) is 1. The molecule has 9 heteroatoms. The van der Waals surface area contributed by atoms with Gasteiger partial charge in [-0.05, 0) is 29.8 Å². The van der Waals surface area contributed by atoms with Gasteiger partial charge in [-0.1, -0.05) is 24.3 Å². The van der Waals surface area contributed by atoms with E-state index in [2.05, 4.69) is 5.32 Å². The Morgan fingerprint density at radius 3 is 2.63 bits per heavy atom. The molecule has 1 amide bonds. The van der Waals surface area contributed by atoms with E-state index in [9.17, 15) is 13.2 Å². The van der Waals surface area contributed by atoms with E-state index in [0.29, 0.717) is 50.6 Å². The smallest absolute Gasteiger partial charge is 0.251 e. The fourth-order valence-corrected chi connectivity index (χ4v) is 4.42. The van der Waals surface area contributed by atoms with Gasteiger partial charge in [0.15, 0.2) is 6.79 Å². The number of ether oxygens (including phenoxy) is 3. The summed E-state index contributed by atoms with van der Waals surface area (Å²) in [7, 11) is -1.97. The van der Waals surface area contributed by atoms with Crippen LogP contribution in [0, 0.1) is 0 Å². The van der Waals surface area contributed by atoms with Gasteiger partial charge in [0.2, 0.25) is 10.0 Å². The van der Waals surface area contributed by atoms with E-state index in [0.717, 1.165) is 5.56 Å². The van der Waals surface area contributed by atoms with Crippen molar-refractivity contribution in [3.8, 4) is 0 Å². The largest absolute Gasteiger partial charge is 0.472 e. The van der Waals surface area contributed by atoms with Gasteiger partial charge in [0.25, 0.3) is 5.91 Å². The number of carbonyl (C=O) groups is 1. The highest BCUT2D eigenvalue weighted by Crippen LogP contribution is 2.18. The molecule has 162 valence electrons. The minimum absolute atomic E-state index is 0.159. The summed E-state index contributed by atoms with van der Waals surface area (Å²) in [6, 6.07) is 6.56. The molecule has 0 radical (unpaired) electrons. The molecule has 0 bridgehead atoms. The number of methoxy groups -OCH3 is 1. The van der Waals surface area contributed by atoms with Crippen LogP contribution in [0.5, 0.6) is 0 Å². The summed E-state index contributed by atoms with van der Waals surface area (Å²) in [5.74, 6) is 0.505. The molecule has 0 spiro atoms. The van der Waals surface area contributed by atoms with Crippen LogP contribution in [0.2, 0.25) is 0 Å². The van der Waals surface area contributed by atoms with E-state index in [-0.39, 0.29) is 17.6 Å². The van der Waals surface area contributed by atoms with Gasteiger partial charge in [-0.25, -0.2) is 8.42 Å². The lowest BCUT2D eigenvalue weighted by Crippen LogP contribution is -2.40. The van der Waals surface area contributed by atoms with Gasteiger partial charge in [-0.3, -0.25) is 4.79 Å². The minimum Gasteiger partial charge on any atom is -0.472 e. The topological polar surface area (TPSA) is 94.2 Å². The standard InChI is InChI=1S/C21H26N2O6S/c1-27-16-29-19-4-2-3-18(7-8-19)21(24)22-15-17-5-9-20(10-6-17)30(25,26)23-11-13-28-14-12-23/h2-7,9-10H,8,11-16H2,1H3,(H,22,24). The number of hydrogen-bond acceptors (Lipinski definition) is 6. The monoisotopic (exact) mass is 434 g/mol. The van der Waals surface area contributed by atoms with E-state index in [4.69, 9.17) is 14.2 Å². The number of benzene rings is 1. The Balaban J connectivity index is 1.55. The van der Waals surface area contributed by atoms with Crippen LogP contribution in [0.1, 0.15) is 12.0 Å². The summed E-state index contributed by atoms with van der Waals surface area (Å²) in [5, 5.41) is 2.85. The fourth-order valence-electron chi connectivity index (χ4n) is 3.02. The Morgan fingerprint density at radius 1 is 1.20 bits per heavy atom. The van der Waals surface area contributed by atoms with Gasteiger partial charge in [0.05, 0.1) is 18.1 Å². The van der Waals surface area contributed by atoms with Crippen LogP contribution in [0.15, 0.2) is 64.8 Å². The molecular weight excluding hydrogens is 408 g/mol. The predicted molar refractivity (Wildman–Crippen MR) is 111 cm³/mol. The number of nitrogens with one attached hydrogen (secondary N) is 1. The maximum atomic E-state index is 12.7. The van der Waals surface area contributed by atoms with Crippen molar-refractivity contribution in [2.75, 3.05) is 40.2 Å². The van der Waals surface area contributed by atoms with E-state index in [1.54, 1.807) is 55.7 Å². The van der Waals surface area contributed by atoms with Gasteiger partial charge in [0.1, 0.15) is 5.76 Å². The quantitative estimate of drug-likeness (QED) is 0.626. The molecule has 2 aliphatic rings. The Labute approximate surface area is 176 Å². The van der Waals surface area contributed by atoms with Crippen molar-refractivity contribution in [3.05, 3.63) is 65.5 Å². The number of allylic oxidation sites excluding steroid dienone is 3. The van der Waals surface area contributed by atoms with E-state index < -0.39 is 10.0 Å². The van der Waals surface area contributed by atoms with Crippen molar-refractivity contribution in [2.24, 2.45) is 0 Å². The predicted octanol–water partition coefficient (Wildman–Crippen LogP) is 1.71. The van der Waals surface area contributed by atoms with Crippen LogP contribution >= 0.6 is 0 Å². The average molecular weight is 435 g/mol. The second-order valence-electron chi connectivity index (χ2n) is 6.75. The first-order valence-electron chi connectivity index (χ1n) is 9.65. The Kier molecular flexibility index (Phi) is 7.81. The number of sulfonamides is 1. The summed E-state index contributed by atoms with van der Waals surface area (Å²) in [4.78, 5) is 12.7. The maximum absolute atomic E-state index is 12.7. The van der Waals surface area contributed by atoms with Crippen LogP contribution in [0.25, 0.3) is 0 Å². The zero-order valence-electron chi connectivity index (χ0n) is 16.9. The van der Waals surface area contributed by atoms with Crippen molar-refractivity contribution < 1.29 is 27.4 Å². The molecule has 1 aromatic rings. The van der Waals surface area contributed by atoms with Gasteiger partial charge in [-0.2, -0.15) is 4.31 Å². The Bertz CT molecular complexity index is 929. The van der Waals surface area contributed by atoms with E-state index >= 15 is 0 Å². The van der Waals surface area contributed by atoms with E-state index in [1.165, 1.54) is 4.31 Å². The molecule has 1 N–H and O–H groups in total. The van der Waals surface area contributed by atoms with Gasteiger partial charge in [-0.15, -0.1) is 0 Å². The Morgan fingerprint density at radius 2 is 1.93 bits per heavy atom. The highest BCUT2D eigenvalue weighted by atomic mass is 32.2. The number of amides is 1. The molecule has 0 saturated carbocycles. The molecule has 1 heterocycles. The Hall–Kier alpha value is -2.46. The zero-order chi connectivity index (χ0) is 21.4. The van der Waals surface area contributed by atoms with Gasteiger partial charge >= 0.3 is 0 Å². The lowest BCUT2D eigenvalue weighted by Gasteiger charge is -2.26. The lowest BCUT2D eigenvalue weighted by molar-refractivity contribution is -0.117. The third-order valence-corrected chi connectivity index (χ3v) is 6.60. The van der Waals surface area contributed by atoms with Gasteiger partial charge < -0.3 is 19.5 Å². The highest BCUT2D eigenvalue weighted by Gasteiger charge is 2.26. The molecule has 8 nitrogen and oxygen atoms in total. The van der Waals surface area contributed by atoms with Crippen molar-refractivity contribution >= 4 is 15.9 Å². The number of carbonyl (C=O) groups excluding carboxylic acids is 1. The normalized spacial score (nSPS) is 17.6. The molecule has 1 aliphatic carbocycles. The van der Waals surface area contributed by atoms with Crippen molar-refractivity contribution in [1.82, 2.24) is 9.62 Å². The first-order chi connectivity index (χ1) is 14.5. The zero-order valence-corrected chi connectivity index (χ0v) is 17.7. The molecule has 1 saturated heterocycles. The molecule has 30 heavy (non-hydrogen) atoms. The molecule has 0 aromatic heterocycles. The van der Waals surface area contributed by atoms with Crippen molar-refractivity contribution in [2.45, 2.75) is 17.9 Å². The molecule has 1 fully saturated rings.